The van der Waals surface area contributed by atoms with Gasteiger partial charge >= 0.3 is 5.97 Å². The number of carbonyl (C=O) groups is 3. The molecule has 9 nitrogen and oxygen atoms in total. The van der Waals surface area contributed by atoms with E-state index in [0.717, 1.165) is 6.42 Å². The van der Waals surface area contributed by atoms with E-state index in [4.69, 9.17) is 19.3 Å². The Hall–Kier alpha value is -2.65. The quantitative estimate of drug-likeness (QED) is 0.394. The van der Waals surface area contributed by atoms with Crippen molar-refractivity contribution >= 4 is 23.5 Å². The summed E-state index contributed by atoms with van der Waals surface area (Å²) in [7, 11) is 1.57. The van der Waals surface area contributed by atoms with Gasteiger partial charge in [-0.05, 0) is 70.2 Å². The van der Waals surface area contributed by atoms with Gasteiger partial charge in [-0.1, -0.05) is 0 Å². The normalized spacial score (nSPS) is 31.5. The number of aliphatic hydroxyl groups excluding tert-OH is 1. The first kappa shape index (κ1) is 24.5. The lowest BCUT2D eigenvalue weighted by Crippen LogP contribution is -2.53. The summed E-state index contributed by atoms with van der Waals surface area (Å²) in [6, 6.07) is 6.12. The summed E-state index contributed by atoms with van der Waals surface area (Å²) in [6.45, 7) is 4.23. The lowest BCUT2D eigenvalue weighted by molar-refractivity contribution is -0.158. The van der Waals surface area contributed by atoms with Crippen LogP contribution in [0.5, 0.6) is 5.75 Å². The third-order valence-electron chi connectivity index (χ3n) is 7.48. The minimum atomic E-state index is -1.07. The van der Waals surface area contributed by atoms with E-state index in [2.05, 4.69) is 5.32 Å². The van der Waals surface area contributed by atoms with Crippen molar-refractivity contribution in [2.45, 2.75) is 63.2 Å². The van der Waals surface area contributed by atoms with Crippen molar-refractivity contribution < 1.29 is 33.7 Å². The highest BCUT2D eigenvalue weighted by molar-refractivity contribution is 6.03. The predicted octanol–water partition coefficient (Wildman–Crippen LogP) is 2.12. The van der Waals surface area contributed by atoms with Gasteiger partial charge < -0.3 is 29.5 Å². The van der Waals surface area contributed by atoms with E-state index in [0.29, 0.717) is 43.7 Å². The van der Waals surface area contributed by atoms with Crippen molar-refractivity contribution in [3.8, 4) is 5.75 Å². The Morgan fingerprint density at radius 1 is 1.21 bits per heavy atom. The molecule has 2 amide bonds. The number of rotatable bonds is 10. The van der Waals surface area contributed by atoms with Crippen molar-refractivity contribution in [3.63, 3.8) is 0 Å². The fraction of sp³-hybridized carbons (Fsp3) is 0.640. The minimum absolute atomic E-state index is 0.0777. The van der Waals surface area contributed by atoms with Gasteiger partial charge in [-0.2, -0.15) is 0 Å². The second kappa shape index (κ2) is 9.54. The van der Waals surface area contributed by atoms with Crippen molar-refractivity contribution in [1.82, 2.24) is 4.90 Å². The van der Waals surface area contributed by atoms with Crippen LogP contribution in [0.2, 0.25) is 0 Å². The van der Waals surface area contributed by atoms with E-state index >= 15 is 0 Å². The number of hydrogen-bond donors (Lipinski definition) is 2. The molecule has 3 fully saturated rings. The Kier molecular flexibility index (Phi) is 6.87. The van der Waals surface area contributed by atoms with Crippen LogP contribution in [0.3, 0.4) is 0 Å². The maximum atomic E-state index is 13.7. The number of nitrogens with one attached hydrogen (secondary N) is 1. The zero-order chi connectivity index (χ0) is 24.5. The first-order chi connectivity index (χ1) is 16.3. The van der Waals surface area contributed by atoms with Crippen LogP contribution in [-0.2, 0) is 23.9 Å². The molecule has 2 bridgehead atoms. The number of aliphatic hydroxyl groups is 1. The van der Waals surface area contributed by atoms with E-state index < -0.39 is 35.0 Å². The number of likely N-dealkylation sites (tertiary alicyclic amines) is 1. The highest BCUT2D eigenvalue weighted by Crippen LogP contribution is 2.63. The number of benzene rings is 1. The molecule has 34 heavy (non-hydrogen) atoms. The van der Waals surface area contributed by atoms with Crippen LogP contribution in [0, 0.1) is 11.8 Å². The molecular formula is C25H34N2O7. The number of amides is 2. The number of unbranched alkanes of at least 4 members (excludes halogenated alkanes) is 2. The summed E-state index contributed by atoms with van der Waals surface area (Å²) in [6.07, 6.45) is 3.08. The van der Waals surface area contributed by atoms with Crippen LogP contribution in [0.15, 0.2) is 24.3 Å². The van der Waals surface area contributed by atoms with E-state index in [1.54, 1.807) is 43.2 Å². The van der Waals surface area contributed by atoms with Gasteiger partial charge in [-0.3, -0.25) is 14.4 Å². The predicted molar refractivity (Wildman–Crippen MR) is 123 cm³/mol. The summed E-state index contributed by atoms with van der Waals surface area (Å²) in [5.74, 6) is -1.85. The Morgan fingerprint density at radius 2 is 1.94 bits per heavy atom. The first-order valence-electron chi connectivity index (χ1n) is 12.0. The Bertz CT molecular complexity index is 936. The van der Waals surface area contributed by atoms with Crippen LogP contribution in [-0.4, -0.2) is 71.9 Å². The third-order valence-corrected chi connectivity index (χ3v) is 7.48. The maximum absolute atomic E-state index is 13.7. The van der Waals surface area contributed by atoms with Gasteiger partial charge in [0.15, 0.2) is 0 Å². The molecule has 4 rings (SSSR count). The van der Waals surface area contributed by atoms with Crippen LogP contribution in [0.1, 0.15) is 46.0 Å². The summed E-state index contributed by atoms with van der Waals surface area (Å²) >= 11 is 0. The molecule has 1 aromatic carbocycles. The molecule has 1 aromatic rings. The topological polar surface area (TPSA) is 114 Å². The average Bonchev–Trinajstić information content (AvgIpc) is 3.38. The summed E-state index contributed by atoms with van der Waals surface area (Å²) in [4.78, 5) is 41.9. The number of carbonyl (C=O) groups excluding carboxylic acids is 3. The largest absolute Gasteiger partial charge is 0.497 e. The van der Waals surface area contributed by atoms with E-state index in [1.807, 2.05) is 6.92 Å². The monoisotopic (exact) mass is 474 g/mol. The maximum Gasteiger partial charge on any atom is 0.312 e. The Morgan fingerprint density at radius 3 is 2.59 bits per heavy atom. The molecule has 0 saturated carbocycles. The SMILES string of the molecule is CCOC(=O)[C@@H]1[C@H]2C(=O)N(CCCCCO)C(C(=O)Nc3ccc(OC)cc3)C23CC[C@@]1(C)O3. The number of hydrogen-bond acceptors (Lipinski definition) is 7. The van der Waals surface area contributed by atoms with Crippen LogP contribution in [0.4, 0.5) is 5.69 Å². The van der Waals surface area contributed by atoms with Gasteiger partial charge in [0.2, 0.25) is 11.8 Å². The molecule has 3 saturated heterocycles. The lowest BCUT2D eigenvalue weighted by atomic mass is 9.66. The van der Waals surface area contributed by atoms with E-state index in [1.165, 1.54) is 0 Å². The first-order valence-corrected chi connectivity index (χ1v) is 12.0. The summed E-state index contributed by atoms with van der Waals surface area (Å²) < 4.78 is 17.0. The smallest absolute Gasteiger partial charge is 0.312 e. The van der Waals surface area contributed by atoms with Gasteiger partial charge in [0, 0.05) is 18.8 Å². The van der Waals surface area contributed by atoms with Gasteiger partial charge in [0.1, 0.15) is 23.3 Å². The highest BCUT2D eigenvalue weighted by Gasteiger charge is 2.78. The molecule has 1 spiro atoms. The van der Waals surface area contributed by atoms with Crippen LogP contribution in [0.25, 0.3) is 0 Å². The van der Waals surface area contributed by atoms with Crippen molar-refractivity contribution in [2.24, 2.45) is 11.8 Å². The van der Waals surface area contributed by atoms with Gasteiger partial charge in [-0.25, -0.2) is 0 Å². The summed E-state index contributed by atoms with van der Waals surface area (Å²) in [5, 5.41) is 12.1. The average molecular weight is 475 g/mol. The van der Waals surface area contributed by atoms with E-state index in [-0.39, 0.29) is 25.0 Å². The zero-order valence-corrected chi connectivity index (χ0v) is 20.0. The van der Waals surface area contributed by atoms with Crippen LogP contribution < -0.4 is 10.1 Å². The standard InChI is InChI=1S/C25H34N2O7/c1-4-33-23(31)19-18-22(30)27(14-6-5-7-15-28)20(25(18)13-12-24(19,2)34-25)21(29)26-16-8-10-17(32-3)11-9-16/h8-11,18-20,28H,4-7,12-15H2,1-3H3,(H,26,29)/t18-,19-,20?,24+,25?/m0/s1. The molecule has 9 heteroatoms. The molecule has 3 aliphatic heterocycles. The van der Waals surface area contributed by atoms with Crippen LogP contribution >= 0.6 is 0 Å². The highest BCUT2D eigenvalue weighted by atomic mass is 16.6. The van der Waals surface area contributed by atoms with Gasteiger partial charge in [0.25, 0.3) is 0 Å². The zero-order valence-electron chi connectivity index (χ0n) is 20.0. The lowest BCUT2D eigenvalue weighted by Gasteiger charge is -2.33. The third kappa shape index (κ3) is 3.94. The van der Waals surface area contributed by atoms with Crippen molar-refractivity contribution in [1.29, 1.82) is 0 Å². The molecule has 5 atom stereocenters. The molecule has 3 aliphatic rings. The van der Waals surface area contributed by atoms with Crippen molar-refractivity contribution in [3.05, 3.63) is 24.3 Å². The molecule has 0 aliphatic carbocycles. The Labute approximate surface area is 199 Å². The second-order valence-electron chi connectivity index (χ2n) is 9.51. The van der Waals surface area contributed by atoms with Crippen molar-refractivity contribution in [2.75, 3.05) is 32.2 Å². The van der Waals surface area contributed by atoms with E-state index in [9.17, 15) is 14.4 Å². The van der Waals surface area contributed by atoms with Gasteiger partial charge in [-0.15, -0.1) is 0 Å². The number of fused-ring (bicyclic) bond motifs is 1. The molecule has 2 N–H and O–H groups in total. The fourth-order valence-electron chi connectivity index (χ4n) is 6.01. The fourth-order valence-corrected chi connectivity index (χ4v) is 6.01. The molecule has 2 unspecified atom stereocenters. The summed E-state index contributed by atoms with van der Waals surface area (Å²) in [5.41, 5.74) is -1.33. The molecular weight excluding hydrogens is 440 g/mol. The molecule has 0 radical (unpaired) electrons. The molecule has 0 aromatic heterocycles. The number of anilines is 1. The Balaban J connectivity index is 1.65. The van der Waals surface area contributed by atoms with Gasteiger partial charge in [0.05, 0.1) is 25.2 Å². The molecule has 186 valence electrons. The molecule has 3 heterocycles. The number of esters is 1. The number of ether oxygens (including phenoxy) is 3. The number of methoxy groups -OCH3 is 1. The number of nitrogens with zero attached hydrogens (tertiary/aromatic N) is 1. The minimum Gasteiger partial charge on any atom is -0.497 e. The second-order valence-corrected chi connectivity index (χ2v) is 9.51.